The molecule has 0 saturated heterocycles. The monoisotopic (exact) mass is 482 g/mol. The third-order valence-corrected chi connectivity index (χ3v) is 4.73. The molecule has 12 N–H and O–H groups in total. The van der Waals surface area contributed by atoms with Crippen LogP contribution in [0.2, 0.25) is 0 Å². The number of aliphatic hydroxyl groups is 1. The molecule has 0 saturated carbocycles. The van der Waals surface area contributed by atoms with Crippen LogP contribution in [0.1, 0.15) is 42.7 Å². The lowest BCUT2D eigenvalue weighted by Crippen LogP contribution is -2.56. The number of guanidine groups is 1. The number of aliphatic hydroxyl groups excluding tert-OH is 1. The van der Waals surface area contributed by atoms with Gasteiger partial charge in [-0.2, -0.15) is 0 Å². The van der Waals surface area contributed by atoms with E-state index in [4.69, 9.17) is 27.4 Å². The van der Waals surface area contributed by atoms with Crippen LogP contribution >= 0.6 is 0 Å². The van der Waals surface area contributed by atoms with E-state index in [9.17, 15) is 24.3 Å². The van der Waals surface area contributed by atoms with Crippen LogP contribution < -0.4 is 38.9 Å². The summed E-state index contributed by atoms with van der Waals surface area (Å²) in [6, 6.07) is -0.125. The van der Waals surface area contributed by atoms with Crippen LogP contribution in [0.4, 0.5) is 0 Å². The molecule has 4 amide bonds. The standard InChI is InChI=1S/C20H34N8O6/c21-12(5-3-9-26-20(23)24)17(31)27-13(18(32)28-14(11-29)16(22)30)6-1-2-8-25-19(33)15-7-4-10-34-15/h4,7,10,12-14,29H,1-3,5-6,8-9,11,21H2,(H2,22,30)(H,25,33)(H,27,31)(H,28,32)(H4,23,24,26)/t12-,13-,14-/m0/s1. The first kappa shape index (κ1) is 28.4. The molecule has 0 fully saturated rings. The Labute approximate surface area is 196 Å². The Hall–Kier alpha value is -3.65. The van der Waals surface area contributed by atoms with Gasteiger partial charge in [0.1, 0.15) is 12.1 Å². The molecular formula is C20H34N8O6. The smallest absolute Gasteiger partial charge is 0.286 e. The van der Waals surface area contributed by atoms with Gasteiger partial charge in [0.15, 0.2) is 11.7 Å². The van der Waals surface area contributed by atoms with Crippen LogP contribution in [-0.4, -0.2) is 72.5 Å². The van der Waals surface area contributed by atoms with E-state index in [1.54, 1.807) is 6.07 Å². The van der Waals surface area contributed by atoms with Crippen molar-refractivity contribution in [2.75, 3.05) is 19.7 Å². The van der Waals surface area contributed by atoms with E-state index in [1.807, 2.05) is 0 Å². The molecular weight excluding hydrogens is 448 g/mol. The fourth-order valence-corrected chi connectivity index (χ4v) is 2.85. The minimum absolute atomic E-state index is 0.0667. The SMILES string of the molecule is NC(=O)[C@H](CO)NC(=O)[C@H](CCCCNC(=O)c1ccco1)NC(=O)[C@@H](N)CCCN=C(N)N. The lowest BCUT2D eigenvalue weighted by molar-refractivity contribution is -0.132. The third-order valence-electron chi connectivity index (χ3n) is 4.73. The number of carbonyl (C=O) groups excluding carboxylic acids is 4. The molecule has 1 rings (SSSR count). The highest BCUT2D eigenvalue weighted by molar-refractivity contribution is 5.93. The zero-order chi connectivity index (χ0) is 25.5. The van der Waals surface area contributed by atoms with Crippen LogP contribution in [0.3, 0.4) is 0 Å². The van der Waals surface area contributed by atoms with E-state index in [0.29, 0.717) is 32.4 Å². The maximum absolute atomic E-state index is 12.6. The molecule has 0 bridgehead atoms. The summed E-state index contributed by atoms with van der Waals surface area (Å²) in [6.07, 6.45) is 3.24. The molecule has 0 spiro atoms. The van der Waals surface area contributed by atoms with Crippen molar-refractivity contribution in [3.8, 4) is 0 Å². The third kappa shape index (κ3) is 10.8. The maximum atomic E-state index is 12.6. The van der Waals surface area contributed by atoms with Gasteiger partial charge >= 0.3 is 0 Å². The zero-order valence-corrected chi connectivity index (χ0v) is 18.9. The summed E-state index contributed by atoms with van der Waals surface area (Å²) in [4.78, 5) is 52.1. The largest absolute Gasteiger partial charge is 0.459 e. The molecule has 0 aliphatic carbocycles. The number of hydrogen-bond acceptors (Lipinski definition) is 8. The molecule has 190 valence electrons. The quantitative estimate of drug-likeness (QED) is 0.0677. The Morgan fingerprint density at radius 2 is 1.71 bits per heavy atom. The van der Waals surface area contributed by atoms with Gasteiger partial charge in [-0.25, -0.2) is 0 Å². The molecule has 34 heavy (non-hydrogen) atoms. The molecule has 0 aliphatic rings. The first-order valence-electron chi connectivity index (χ1n) is 10.8. The Bertz CT molecular complexity index is 825. The Morgan fingerprint density at radius 3 is 2.29 bits per heavy atom. The lowest BCUT2D eigenvalue weighted by Gasteiger charge is -2.22. The zero-order valence-electron chi connectivity index (χ0n) is 18.9. The number of unbranched alkanes of at least 4 members (excludes halogenated alkanes) is 1. The van der Waals surface area contributed by atoms with Gasteiger partial charge in [0.05, 0.1) is 18.9 Å². The fourth-order valence-electron chi connectivity index (χ4n) is 2.85. The highest BCUT2D eigenvalue weighted by atomic mass is 16.3. The molecule has 0 aromatic carbocycles. The van der Waals surface area contributed by atoms with E-state index in [0.717, 1.165) is 0 Å². The summed E-state index contributed by atoms with van der Waals surface area (Å²) < 4.78 is 5.00. The van der Waals surface area contributed by atoms with Crippen molar-refractivity contribution in [2.45, 2.75) is 50.2 Å². The number of aliphatic imine (C=N–C) groups is 1. The summed E-state index contributed by atoms with van der Waals surface area (Å²) >= 11 is 0. The second-order valence-corrected chi connectivity index (χ2v) is 7.49. The van der Waals surface area contributed by atoms with Crippen LogP contribution in [-0.2, 0) is 14.4 Å². The number of primary amides is 1. The number of furan rings is 1. The fraction of sp³-hybridized carbons (Fsp3) is 0.550. The molecule has 3 atom stereocenters. The molecule has 14 heteroatoms. The second kappa shape index (κ2) is 15.2. The predicted octanol–water partition coefficient (Wildman–Crippen LogP) is -2.99. The van der Waals surface area contributed by atoms with Crippen molar-refractivity contribution >= 4 is 29.6 Å². The van der Waals surface area contributed by atoms with Crippen molar-refractivity contribution in [1.82, 2.24) is 16.0 Å². The van der Waals surface area contributed by atoms with E-state index in [-0.39, 0.29) is 30.5 Å². The summed E-state index contributed by atoms with van der Waals surface area (Å²) in [5, 5.41) is 16.8. The molecule has 1 aromatic heterocycles. The number of hydrogen-bond donors (Lipinski definition) is 8. The Balaban J connectivity index is 2.61. The highest BCUT2D eigenvalue weighted by Crippen LogP contribution is 2.05. The average molecular weight is 483 g/mol. The normalized spacial score (nSPS) is 13.2. The van der Waals surface area contributed by atoms with Gasteiger partial charge in [0.2, 0.25) is 17.7 Å². The summed E-state index contributed by atoms with van der Waals surface area (Å²) in [6.45, 7) is -0.0781. The van der Waals surface area contributed by atoms with E-state index in [1.165, 1.54) is 12.3 Å². The molecule has 0 aliphatic heterocycles. The van der Waals surface area contributed by atoms with Crippen molar-refractivity contribution in [2.24, 2.45) is 27.9 Å². The van der Waals surface area contributed by atoms with Gasteiger partial charge in [-0.15, -0.1) is 0 Å². The highest BCUT2D eigenvalue weighted by Gasteiger charge is 2.26. The first-order chi connectivity index (χ1) is 16.1. The van der Waals surface area contributed by atoms with Crippen molar-refractivity contribution in [3.05, 3.63) is 24.2 Å². The van der Waals surface area contributed by atoms with Crippen LogP contribution in [0, 0.1) is 0 Å². The molecule has 14 nitrogen and oxygen atoms in total. The van der Waals surface area contributed by atoms with E-state index >= 15 is 0 Å². The Kier molecular flexibility index (Phi) is 12.7. The Morgan fingerprint density at radius 1 is 1.00 bits per heavy atom. The van der Waals surface area contributed by atoms with Crippen molar-refractivity contribution in [3.63, 3.8) is 0 Å². The van der Waals surface area contributed by atoms with Crippen LogP contribution in [0.15, 0.2) is 27.8 Å². The number of nitrogens with one attached hydrogen (secondary N) is 3. The molecule has 0 unspecified atom stereocenters. The van der Waals surface area contributed by atoms with Gasteiger partial charge < -0.3 is 48.4 Å². The summed E-state index contributed by atoms with van der Waals surface area (Å²) in [5.74, 6) is -2.44. The molecule has 1 heterocycles. The van der Waals surface area contributed by atoms with Crippen LogP contribution in [0.25, 0.3) is 0 Å². The first-order valence-corrected chi connectivity index (χ1v) is 10.8. The average Bonchev–Trinajstić information content (AvgIpc) is 3.33. The molecule has 1 aromatic rings. The predicted molar refractivity (Wildman–Crippen MR) is 123 cm³/mol. The minimum Gasteiger partial charge on any atom is -0.459 e. The lowest BCUT2D eigenvalue weighted by atomic mass is 10.1. The topological polar surface area (TPSA) is 254 Å². The van der Waals surface area contributed by atoms with E-state index < -0.39 is 42.5 Å². The number of nitrogens with two attached hydrogens (primary N) is 4. The summed E-state index contributed by atoms with van der Waals surface area (Å²) in [5.41, 5.74) is 21.5. The minimum atomic E-state index is -1.30. The van der Waals surface area contributed by atoms with E-state index in [2.05, 4.69) is 20.9 Å². The molecule has 0 radical (unpaired) electrons. The van der Waals surface area contributed by atoms with Gasteiger partial charge in [-0.05, 0) is 44.2 Å². The van der Waals surface area contributed by atoms with Crippen LogP contribution in [0.5, 0.6) is 0 Å². The second-order valence-electron chi connectivity index (χ2n) is 7.49. The number of amides is 4. The maximum Gasteiger partial charge on any atom is 0.286 e. The van der Waals surface area contributed by atoms with Crippen molar-refractivity contribution in [1.29, 1.82) is 0 Å². The van der Waals surface area contributed by atoms with Gasteiger partial charge in [-0.1, -0.05) is 0 Å². The summed E-state index contributed by atoms with van der Waals surface area (Å²) in [7, 11) is 0. The van der Waals surface area contributed by atoms with Crippen molar-refractivity contribution < 1.29 is 28.7 Å². The van der Waals surface area contributed by atoms with Gasteiger partial charge in [0, 0.05) is 13.1 Å². The number of carbonyl (C=O) groups is 4. The number of nitrogens with zero attached hydrogens (tertiary/aromatic N) is 1. The van der Waals surface area contributed by atoms with Gasteiger partial charge in [0.25, 0.3) is 5.91 Å². The number of rotatable bonds is 16. The van der Waals surface area contributed by atoms with Gasteiger partial charge in [-0.3, -0.25) is 24.2 Å².